The zero-order valence-corrected chi connectivity index (χ0v) is 9.35. The molecule has 2 amide bonds. The number of nitrogens with one attached hydrogen (secondary N) is 2. The van der Waals surface area contributed by atoms with Crippen LogP contribution in [-0.4, -0.2) is 12.6 Å². The highest BCUT2D eigenvalue weighted by Crippen LogP contribution is 2.28. The van der Waals surface area contributed by atoms with Gasteiger partial charge in [0.2, 0.25) is 0 Å². The minimum atomic E-state index is -0.540. The topological polar surface area (TPSA) is 41.1 Å². The van der Waals surface area contributed by atoms with E-state index < -0.39 is 5.82 Å². The van der Waals surface area contributed by atoms with Gasteiger partial charge in [-0.3, -0.25) is 0 Å². The number of anilines is 1. The third-order valence-corrected chi connectivity index (χ3v) is 2.83. The molecular formula is C11H12ClFN2O. The molecule has 5 heteroatoms. The molecule has 3 nitrogen and oxygen atoms in total. The molecule has 1 aliphatic rings. The Morgan fingerprint density at radius 3 is 2.94 bits per heavy atom. The molecule has 1 fully saturated rings. The van der Waals surface area contributed by atoms with E-state index in [-0.39, 0.29) is 16.7 Å². The van der Waals surface area contributed by atoms with Crippen molar-refractivity contribution in [3.63, 3.8) is 0 Å². The Hall–Kier alpha value is -1.29. The van der Waals surface area contributed by atoms with Crippen molar-refractivity contribution in [1.29, 1.82) is 0 Å². The number of carbonyl (C=O) groups excluding carboxylic acids is 1. The van der Waals surface area contributed by atoms with Crippen LogP contribution in [0.5, 0.6) is 0 Å². The molecule has 0 bridgehead atoms. The van der Waals surface area contributed by atoms with E-state index in [1.54, 1.807) is 6.07 Å². The van der Waals surface area contributed by atoms with E-state index in [2.05, 4.69) is 10.6 Å². The molecule has 1 saturated carbocycles. The van der Waals surface area contributed by atoms with Crippen LogP contribution < -0.4 is 10.6 Å². The maximum Gasteiger partial charge on any atom is 0.319 e. The fraction of sp³-hybridized carbons (Fsp3) is 0.364. The summed E-state index contributed by atoms with van der Waals surface area (Å²) in [6.45, 7) is 0.665. The van der Waals surface area contributed by atoms with Crippen LogP contribution in [0.3, 0.4) is 0 Å². The van der Waals surface area contributed by atoms with Crippen LogP contribution in [-0.2, 0) is 0 Å². The van der Waals surface area contributed by atoms with Gasteiger partial charge >= 0.3 is 6.03 Å². The molecule has 1 aromatic rings. The van der Waals surface area contributed by atoms with E-state index in [1.807, 2.05) is 0 Å². The van der Waals surface area contributed by atoms with Gasteiger partial charge in [0.25, 0.3) is 0 Å². The van der Waals surface area contributed by atoms with Gasteiger partial charge in [0, 0.05) is 6.54 Å². The largest absolute Gasteiger partial charge is 0.338 e. The normalized spacial score (nSPS) is 14.6. The first-order valence-corrected chi connectivity index (χ1v) is 5.53. The highest BCUT2D eigenvalue weighted by atomic mass is 35.5. The van der Waals surface area contributed by atoms with E-state index in [0.717, 1.165) is 0 Å². The Bertz CT molecular complexity index is 407. The second-order valence-electron chi connectivity index (χ2n) is 3.88. The predicted octanol–water partition coefficient (Wildman–Crippen LogP) is 3.01. The van der Waals surface area contributed by atoms with Gasteiger partial charge in [0.1, 0.15) is 5.82 Å². The number of halogens is 2. The Morgan fingerprint density at radius 2 is 2.25 bits per heavy atom. The van der Waals surface area contributed by atoms with Crippen molar-refractivity contribution in [2.45, 2.75) is 12.8 Å². The summed E-state index contributed by atoms with van der Waals surface area (Å²) in [5, 5.41) is 5.16. The van der Waals surface area contributed by atoms with Crippen molar-refractivity contribution in [1.82, 2.24) is 5.32 Å². The first-order chi connectivity index (χ1) is 7.66. The van der Waals surface area contributed by atoms with Gasteiger partial charge in [-0.1, -0.05) is 17.7 Å². The molecule has 0 heterocycles. The van der Waals surface area contributed by atoms with Gasteiger partial charge in [-0.2, -0.15) is 0 Å². The van der Waals surface area contributed by atoms with Crippen molar-refractivity contribution in [3.8, 4) is 0 Å². The van der Waals surface area contributed by atoms with Crippen molar-refractivity contribution >= 4 is 23.3 Å². The van der Waals surface area contributed by atoms with Crippen molar-refractivity contribution < 1.29 is 9.18 Å². The minimum absolute atomic E-state index is 0.0657. The monoisotopic (exact) mass is 242 g/mol. The van der Waals surface area contributed by atoms with Crippen molar-refractivity contribution in [3.05, 3.63) is 29.0 Å². The van der Waals surface area contributed by atoms with E-state index >= 15 is 0 Å². The maximum atomic E-state index is 13.1. The average molecular weight is 243 g/mol. The molecule has 0 saturated heterocycles. The number of amides is 2. The molecule has 0 aromatic heterocycles. The van der Waals surface area contributed by atoms with Gasteiger partial charge in [0.05, 0.1) is 10.7 Å². The fourth-order valence-electron chi connectivity index (χ4n) is 1.33. The van der Waals surface area contributed by atoms with Crippen LogP contribution in [0.1, 0.15) is 12.8 Å². The Morgan fingerprint density at radius 1 is 1.50 bits per heavy atom. The van der Waals surface area contributed by atoms with Crippen LogP contribution >= 0.6 is 11.6 Å². The van der Waals surface area contributed by atoms with Crippen LogP contribution in [0.25, 0.3) is 0 Å². The Labute approximate surface area is 98.0 Å². The molecule has 0 unspecified atom stereocenters. The van der Waals surface area contributed by atoms with Gasteiger partial charge in [0.15, 0.2) is 0 Å². The summed E-state index contributed by atoms with van der Waals surface area (Å²) in [6.07, 6.45) is 2.34. The Kier molecular flexibility index (Phi) is 3.29. The Balaban J connectivity index is 1.91. The zero-order chi connectivity index (χ0) is 11.5. The molecule has 1 aliphatic carbocycles. The minimum Gasteiger partial charge on any atom is -0.338 e. The third kappa shape index (κ3) is 2.85. The molecule has 16 heavy (non-hydrogen) atoms. The predicted molar refractivity (Wildman–Crippen MR) is 61.2 cm³/mol. The summed E-state index contributed by atoms with van der Waals surface area (Å²) >= 11 is 5.69. The summed E-state index contributed by atoms with van der Waals surface area (Å²) in [4.78, 5) is 11.4. The summed E-state index contributed by atoms with van der Waals surface area (Å²) in [5.74, 6) is 0.0652. The molecule has 0 spiro atoms. The van der Waals surface area contributed by atoms with E-state index in [9.17, 15) is 9.18 Å². The van der Waals surface area contributed by atoms with Crippen LogP contribution in [0.2, 0.25) is 5.02 Å². The van der Waals surface area contributed by atoms with Crippen molar-refractivity contribution in [2.75, 3.05) is 11.9 Å². The molecule has 1 aromatic carbocycles. The lowest BCUT2D eigenvalue weighted by Gasteiger charge is -2.08. The van der Waals surface area contributed by atoms with Gasteiger partial charge in [-0.25, -0.2) is 9.18 Å². The number of rotatable bonds is 3. The highest BCUT2D eigenvalue weighted by Gasteiger charge is 2.21. The maximum absolute atomic E-state index is 13.1. The van der Waals surface area contributed by atoms with E-state index in [0.29, 0.717) is 12.5 Å². The summed E-state index contributed by atoms with van der Waals surface area (Å²) in [5.41, 5.74) is 0.287. The summed E-state index contributed by atoms with van der Waals surface area (Å²) < 4.78 is 13.1. The smallest absolute Gasteiger partial charge is 0.319 e. The van der Waals surface area contributed by atoms with Crippen molar-refractivity contribution in [2.24, 2.45) is 5.92 Å². The summed E-state index contributed by atoms with van der Waals surface area (Å²) in [6, 6.07) is 3.95. The molecule has 2 N–H and O–H groups in total. The number of hydrogen-bond donors (Lipinski definition) is 2. The van der Waals surface area contributed by atoms with Crippen LogP contribution in [0.4, 0.5) is 14.9 Å². The van der Waals surface area contributed by atoms with Crippen LogP contribution in [0, 0.1) is 11.7 Å². The van der Waals surface area contributed by atoms with Gasteiger partial charge in [-0.05, 0) is 30.9 Å². The number of benzene rings is 1. The highest BCUT2D eigenvalue weighted by molar-refractivity contribution is 6.33. The average Bonchev–Trinajstić information content (AvgIpc) is 3.06. The van der Waals surface area contributed by atoms with Crippen LogP contribution in [0.15, 0.2) is 18.2 Å². The lowest BCUT2D eigenvalue weighted by molar-refractivity contribution is 0.251. The van der Waals surface area contributed by atoms with Gasteiger partial charge in [-0.15, -0.1) is 0 Å². The second-order valence-corrected chi connectivity index (χ2v) is 4.26. The molecule has 86 valence electrons. The van der Waals surface area contributed by atoms with E-state index in [1.165, 1.54) is 25.0 Å². The lowest BCUT2D eigenvalue weighted by Crippen LogP contribution is -2.30. The third-order valence-electron chi connectivity index (χ3n) is 2.45. The lowest BCUT2D eigenvalue weighted by atomic mass is 10.3. The number of hydrogen-bond acceptors (Lipinski definition) is 1. The van der Waals surface area contributed by atoms with Gasteiger partial charge < -0.3 is 10.6 Å². The standard InChI is InChI=1S/C11H12ClFN2O/c12-10-8(13)2-1-3-9(10)15-11(16)14-6-7-4-5-7/h1-3,7H,4-6H2,(H2,14,15,16). The quantitative estimate of drug-likeness (QED) is 0.841. The number of urea groups is 1. The molecule has 0 atom stereocenters. The van der Waals surface area contributed by atoms with E-state index in [4.69, 9.17) is 11.6 Å². The molecule has 2 rings (SSSR count). The SMILES string of the molecule is O=C(NCC1CC1)Nc1cccc(F)c1Cl. The molecule has 0 radical (unpaired) electrons. The molecular weight excluding hydrogens is 231 g/mol. The first-order valence-electron chi connectivity index (χ1n) is 5.15. The summed E-state index contributed by atoms with van der Waals surface area (Å²) in [7, 11) is 0. The molecule has 0 aliphatic heterocycles. The zero-order valence-electron chi connectivity index (χ0n) is 8.59. The first kappa shape index (κ1) is 11.2. The second kappa shape index (κ2) is 4.70. The number of carbonyl (C=O) groups is 1. The fourth-order valence-corrected chi connectivity index (χ4v) is 1.50.